The number of rotatable bonds is 5. The van der Waals surface area contributed by atoms with Crippen LogP contribution in [0.3, 0.4) is 0 Å². The summed E-state index contributed by atoms with van der Waals surface area (Å²) in [7, 11) is 0. The number of benzene rings is 3. The van der Waals surface area contributed by atoms with E-state index in [4.69, 9.17) is 4.99 Å². The standard InChI is InChI=1S/C23H18N2S3/c1-17-24-21-16-18(12-13-22(21)27-17)25-23(28-20-10-6-3-7-11-20)14-15-26-19-8-4-2-5-9-19/h2-16H,1H3. The zero-order valence-corrected chi connectivity index (χ0v) is 17.7. The van der Waals surface area contributed by atoms with E-state index >= 15 is 0 Å². The molecule has 1 heterocycles. The summed E-state index contributed by atoms with van der Waals surface area (Å²) in [6.45, 7) is 2.04. The molecule has 0 radical (unpaired) electrons. The molecular formula is C23H18N2S3. The molecule has 0 fully saturated rings. The quantitative estimate of drug-likeness (QED) is 0.188. The molecule has 0 atom stereocenters. The average Bonchev–Trinajstić information content (AvgIpc) is 3.09. The number of fused-ring (bicyclic) bond motifs is 1. The summed E-state index contributed by atoms with van der Waals surface area (Å²) in [6, 6.07) is 26.9. The van der Waals surface area contributed by atoms with Gasteiger partial charge in [-0.2, -0.15) is 0 Å². The minimum absolute atomic E-state index is 0.922. The van der Waals surface area contributed by atoms with Crippen LogP contribution in [0.2, 0.25) is 0 Å². The van der Waals surface area contributed by atoms with Crippen LogP contribution in [0.25, 0.3) is 10.2 Å². The number of hydrogen-bond acceptors (Lipinski definition) is 5. The molecule has 0 spiro atoms. The van der Waals surface area contributed by atoms with Crippen molar-refractivity contribution in [2.24, 2.45) is 4.99 Å². The molecule has 0 N–H and O–H groups in total. The third kappa shape index (κ3) is 5.13. The third-order valence-corrected chi connectivity index (χ3v) is 6.55. The molecule has 2 nitrogen and oxygen atoms in total. The number of aromatic nitrogens is 1. The molecular weight excluding hydrogens is 400 g/mol. The van der Waals surface area contributed by atoms with Crippen molar-refractivity contribution in [3.05, 3.63) is 95.4 Å². The van der Waals surface area contributed by atoms with Gasteiger partial charge in [-0.1, -0.05) is 59.9 Å². The Balaban J connectivity index is 1.61. The monoisotopic (exact) mass is 418 g/mol. The second-order valence-corrected chi connectivity index (χ2v) is 9.29. The maximum Gasteiger partial charge on any atom is 0.102 e. The Morgan fingerprint density at radius 2 is 1.64 bits per heavy atom. The van der Waals surface area contributed by atoms with Crippen LogP contribution in [0.15, 0.2) is 105 Å². The molecule has 0 saturated carbocycles. The Morgan fingerprint density at radius 1 is 0.929 bits per heavy atom. The van der Waals surface area contributed by atoms with Gasteiger partial charge in [-0.15, -0.1) is 11.3 Å². The van der Waals surface area contributed by atoms with Gasteiger partial charge < -0.3 is 0 Å². The summed E-state index contributed by atoms with van der Waals surface area (Å²) in [5.41, 5.74) is 1.93. The molecule has 0 aliphatic carbocycles. The van der Waals surface area contributed by atoms with Gasteiger partial charge in [-0.05, 0) is 60.9 Å². The zero-order chi connectivity index (χ0) is 19.2. The molecule has 0 unspecified atom stereocenters. The molecule has 3 aromatic carbocycles. The Kier molecular flexibility index (Phi) is 6.27. The van der Waals surface area contributed by atoms with Crippen molar-refractivity contribution in [3.8, 4) is 0 Å². The van der Waals surface area contributed by atoms with Gasteiger partial charge >= 0.3 is 0 Å². The molecule has 0 aliphatic rings. The molecule has 138 valence electrons. The number of aryl methyl sites for hydroxylation is 1. The van der Waals surface area contributed by atoms with E-state index < -0.39 is 0 Å². The molecule has 28 heavy (non-hydrogen) atoms. The summed E-state index contributed by atoms with van der Waals surface area (Å²) in [5.74, 6) is 0. The van der Waals surface area contributed by atoms with E-state index in [1.165, 1.54) is 14.5 Å². The predicted octanol–water partition coefficient (Wildman–Crippen LogP) is 7.73. The number of thiazole rings is 1. The van der Waals surface area contributed by atoms with Gasteiger partial charge in [0.1, 0.15) is 5.04 Å². The minimum Gasteiger partial charge on any atom is -0.242 e. The molecule has 0 saturated heterocycles. The van der Waals surface area contributed by atoms with Gasteiger partial charge in [0.15, 0.2) is 0 Å². The number of aliphatic imine (C=N–C) groups is 1. The summed E-state index contributed by atoms with van der Waals surface area (Å²) >= 11 is 5.06. The van der Waals surface area contributed by atoms with E-state index in [9.17, 15) is 0 Å². The highest BCUT2D eigenvalue weighted by Crippen LogP contribution is 2.29. The maximum absolute atomic E-state index is 4.89. The second-order valence-electron chi connectivity index (χ2n) is 5.98. The fraction of sp³-hybridized carbons (Fsp3) is 0.0435. The Morgan fingerprint density at radius 3 is 2.39 bits per heavy atom. The molecule has 0 amide bonds. The molecule has 4 aromatic rings. The minimum atomic E-state index is 0.922. The first-order valence-corrected chi connectivity index (χ1v) is 11.3. The number of thioether (sulfide) groups is 2. The Labute approximate surface area is 177 Å². The lowest BCUT2D eigenvalue weighted by molar-refractivity contribution is 1.34. The van der Waals surface area contributed by atoms with Crippen LogP contribution in [-0.2, 0) is 0 Å². The lowest BCUT2D eigenvalue weighted by Gasteiger charge is -2.03. The van der Waals surface area contributed by atoms with Crippen molar-refractivity contribution in [1.29, 1.82) is 0 Å². The van der Waals surface area contributed by atoms with Gasteiger partial charge in [-0.25, -0.2) is 9.98 Å². The van der Waals surface area contributed by atoms with Crippen molar-refractivity contribution in [3.63, 3.8) is 0 Å². The first-order chi connectivity index (χ1) is 13.8. The van der Waals surface area contributed by atoms with E-state index in [-0.39, 0.29) is 0 Å². The highest BCUT2D eigenvalue weighted by Gasteiger charge is 2.04. The molecule has 5 heteroatoms. The first-order valence-electron chi connectivity index (χ1n) is 8.83. The smallest absolute Gasteiger partial charge is 0.102 e. The number of hydrogen-bond donors (Lipinski definition) is 0. The van der Waals surface area contributed by atoms with E-state index in [0.29, 0.717) is 0 Å². The van der Waals surface area contributed by atoms with Crippen molar-refractivity contribution in [1.82, 2.24) is 4.98 Å². The lowest BCUT2D eigenvalue weighted by atomic mass is 10.3. The van der Waals surface area contributed by atoms with Gasteiger partial charge in [-0.3, -0.25) is 0 Å². The van der Waals surface area contributed by atoms with Crippen molar-refractivity contribution in [2.45, 2.75) is 16.7 Å². The van der Waals surface area contributed by atoms with Crippen LogP contribution in [0.5, 0.6) is 0 Å². The Hall–Kier alpha value is -2.34. The van der Waals surface area contributed by atoms with Crippen LogP contribution in [0.1, 0.15) is 5.01 Å². The fourth-order valence-corrected chi connectivity index (χ4v) is 4.98. The first kappa shape index (κ1) is 19.0. The van der Waals surface area contributed by atoms with Gasteiger partial charge in [0.2, 0.25) is 0 Å². The van der Waals surface area contributed by atoms with Crippen molar-refractivity contribution in [2.75, 3.05) is 0 Å². The number of nitrogens with zero attached hydrogens (tertiary/aromatic N) is 2. The summed E-state index contributed by atoms with van der Waals surface area (Å²) in [6.07, 6.45) is 2.08. The van der Waals surface area contributed by atoms with Gasteiger partial charge in [0, 0.05) is 9.79 Å². The summed E-state index contributed by atoms with van der Waals surface area (Å²) in [5, 5.41) is 4.12. The summed E-state index contributed by atoms with van der Waals surface area (Å²) in [4.78, 5) is 11.9. The normalized spacial score (nSPS) is 12.1. The average molecular weight is 419 g/mol. The van der Waals surface area contributed by atoms with Gasteiger partial charge in [0.25, 0.3) is 0 Å². The van der Waals surface area contributed by atoms with Crippen LogP contribution in [0.4, 0.5) is 5.69 Å². The van der Waals surface area contributed by atoms with Gasteiger partial charge in [0.05, 0.1) is 20.9 Å². The highest BCUT2D eigenvalue weighted by molar-refractivity contribution is 8.14. The third-order valence-electron chi connectivity index (χ3n) is 3.84. The van der Waals surface area contributed by atoms with E-state index in [2.05, 4.69) is 71.1 Å². The van der Waals surface area contributed by atoms with Crippen LogP contribution in [0, 0.1) is 6.92 Å². The van der Waals surface area contributed by atoms with E-state index in [1.54, 1.807) is 34.9 Å². The second kappa shape index (κ2) is 9.24. The lowest BCUT2D eigenvalue weighted by Crippen LogP contribution is -1.86. The van der Waals surface area contributed by atoms with Crippen LogP contribution in [-0.4, -0.2) is 10.0 Å². The van der Waals surface area contributed by atoms with E-state index in [0.717, 1.165) is 21.3 Å². The zero-order valence-electron chi connectivity index (χ0n) is 15.3. The van der Waals surface area contributed by atoms with E-state index in [1.807, 2.05) is 31.2 Å². The van der Waals surface area contributed by atoms with Crippen molar-refractivity contribution >= 4 is 55.8 Å². The van der Waals surface area contributed by atoms with Crippen LogP contribution >= 0.6 is 34.9 Å². The van der Waals surface area contributed by atoms with Crippen LogP contribution < -0.4 is 0 Å². The molecule has 4 rings (SSSR count). The largest absolute Gasteiger partial charge is 0.242 e. The molecule has 0 bridgehead atoms. The van der Waals surface area contributed by atoms with Crippen molar-refractivity contribution < 1.29 is 0 Å². The SMILES string of the molecule is Cc1nc2cc(N=C(C=CSc3ccccc3)Sc3ccccc3)ccc2s1. The summed E-state index contributed by atoms with van der Waals surface area (Å²) < 4.78 is 1.20. The highest BCUT2D eigenvalue weighted by atomic mass is 32.2. The maximum atomic E-state index is 4.89. The molecule has 0 aliphatic heterocycles. The fourth-order valence-electron chi connectivity index (χ4n) is 2.60. The topological polar surface area (TPSA) is 25.2 Å². The Bertz CT molecular complexity index is 1120. The molecule has 1 aromatic heterocycles. The predicted molar refractivity (Wildman–Crippen MR) is 125 cm³/mol.